The SMILES string of the molecule is N#C[C@]12CCC3(OCCO3)C3=CO[C@H](Cc4cc(C(=O)C(F)(F)F)ccc41)[C@@H]32. The van der Waals surface area contributed by atoms with Crippen molar-refractivity contribution in [3.63, 3.8) is 0 Å². The zero-order chi connectivity index (χ0) is 19.7. The topological polar surface area (TPSA) is 68.6 Å². The van der Waals surface area contributed by atoms with Crippen molar-refractivity contribution < 1.29 is 32.2 Å². The van der Waals surface area contributed by atoms with E-state index in [0.29, 0.717) is 43.6 Å². The third-order valence-corrected chi connectivity index (χ3v) is 6.38. The molecule has 2 heterocycles. The quantitative estimate of drug-likeness (QED) is 0.688. The summed E-state index contributed by atoms with van der Waals surface area (Å²) in [6.07, 6.45) is -2.53. The minimum absolute atomic E-state index is 0.291. The van der Waals surface area contributed by atoms with Crippen molar-refractivity contribution in [2.75, 3.05) is 13.2 Å². The van der Waals surface area contributed by atoms with E-state index in [9.17, 15) is 23.2 Å². The van der Waals surface area contributed by atoms with Crippen LogP contribution in [0.2, 0.25) is 0 Å². The van der Waals surface area contributed by atoms with Crippen LogP contribution in [0.15, 0.2) is 30.0 Å². The Bertz CT molecular complexity index is 942. The standard InChI is InChI=1S/C20H16F3NO4/c21-20(22,23)17(25)11-1-2-13-12(7-11)8-15-16-14(9-26-15)19(27-5-6-28-19)4-3-18(13,16)10-24/h1-2,7,9,15-16H,3-6,8H2/t15-,16-,18-/m1/s1. The van der Waals surface area contributed by atoms with Gasteiger partial charge in [-0.25, -0.2) is 0 Å². The number of hydrogen-bond acceptors (Lipinski definition) is 5. The maximum absolute atomic E-state index is 12.8. The van der Waals surface area contributed by atoms with E-state index in [-0.39, 0.29) is 5.92 Å². The van der Waals surface area contributed by atoms with Crippen LogP contribution < -0.4 is 0 Å². The van der Waals surface area contributed by atoms with Gasteiger partial charge in [-0.05, 0) is 23.6 Å². The zero-order valence-electron chi connectivity index (χ0n) is 14.7. The summed E-state index contributed by atoms with van der Waals surface area (Å²) in [6.45, 7) is 0.932. The molecule has 2 aliphatic carbocycles. The van der Waals surface area contributed by atoms with Crippen LogP contribution in [0.1, 0.15) is 34.3 Å². The van der Waals surface area contributed by atoms with Gasteiger partial charge in [0.1, 0.15) is 6.10 Å². The Labute approximate surface area is 158 Å². The molecule has 0 aromatic heterocycles. The molecular formula is C20H16F3NO4. The van der Waals surface area contributed by atoms with Gasteiger partial charge in [0.15, 0.2) is 5.79 Å². The highest BCUT2D eigenvalue weighted by atomic mass is 19.4. The molecule has 28 heavy (non-hydrogen) atoms. The van der Waals surface area contributed by atoms with Gasteiger partial charge < -0.3 is 14.2 Å². The first-order valence-corrected chi connectivity index (χ1v) is 9.11. The second kappa shape index (κ2) is 5.58. The normalized spacial score (nSPS) is 32.1. The number of rotatable bonds is 1. The lowest BCUT2D eigenvalue weighted by Gasteiger charge is -2.49. The Kier molecular flexibility index (Phi) is 3.53. The van der Waals surface area contributed by atoms with Gasteiger partial charge in [0.25, 0.3) is 5.78 Å². The van der Waals surface area contributed by atoms with Crippen LogP contribution in [0.5, 0.6) is 0 Å². The average molecular weight is 391 g/mol. The van der Waals surface area contributed by atoms with E-state index >= 15 is 0 Å². The summed E-state index contributed by atoms with van der Waals surface area (Å²) < 4.78 is 56.1. The number of fused-ring (bicyclic) bond motifs is 3. The summed E-state index contributed by atoms with van der Waals surface area (Å²) in [5, 5.41) is 10.2. The van der Waals surface area contributed by atoms with Crippen LogP contribution >= 0.6 is 0 Å². The summed E-state index contributed by atoms with van der Waals surface area (Å²) in [6, 6.07) is 6.35. The van der Waals surface area contributed by atoms with E-state index in [1.54, 1.807) is 6.26 Å². The van der Waals surface area contributed by atoms with Crippen LogP contribution in [0.4, 0.5) is 13.2 Å². The van der Waals surface area contributed by atoms with Gasteiger partial charge >= 0.3 is 6.18 Å². The van der Waals surface area contributed by atoms with Gasteiger partial charge in [0.2, 0.25) is 0 Å². The number of ketones is 1. The maximum atomic E-state index is 12.8. The van der Waals surface area contributed by atoms with E-state index in [1.165, 1.54) is 18.2 Å². The number of nitriles is 1. The van der Waals surface area contributed by atoms with E-state index in [2.05, 4.69) is 6.07 Å². The Balaban J connectivity index is 1.60. The van der Waals surface area contributed by atoms with E-state index in [0.717, 1.165) is 5.57 Å². The fraction of sp³-hybridized carbons (Fsp3) is 0.500. The van der Waals surface area contributed by atoms with Crippen molar-refractivity contribution in [3.05, 3.63) is 46.7 Å². The summed E-state index contributed by atoms with van der Waals surface area (Å²) in [4.78, 5) is 11.6. The van der Waals surface area contributed by atoms with Crippen LogP contribution in [-0.4, -0.2) is 37.1 Å². The number of alkyl halides is 3. The van der Waals surface area contributed by atoms with Crippen LogP contribution in [-0.2, 0) is 26.0 Å². The number of carbonyl (C=O) groups excluding carboxylic acids is 1. The van der Waals surface area contributed by atoms with E-state index in [4.69, 9.17) is 14.2 Å². The van der Waals surface area contributed by atoms with Gasteiger partial charge in [0, 0.05) is 29.9 Å². The smallest absolute Gasteiger partial charge is 0.454 e. The van der Waals surface area contributed by atoms with Crippen LogP contribution in [0, 0.1) is 17.2 Å². The van der Waals surface area contributed by atoms with Gasteiger partial charge in [-0.2, -0.15) is 18.4 Å². The summed E-state index contributed by atoms with van der Waals surface area (Å²) in [5.74, 6) is -3.05. The van der Waals surface area contributed by atoms with Crippen molar-refractivity contribution in [2.45, 2.75) is 42.7 Å². The predicted molar refractivity (Wildman–Crippen MR) is 88.1 cm³/mol. The number of benzene rings is 1. The zero-order valence-corrected chi connectivity index (χ0v) is 14.7. The van der Waals surface area contributed by atoms with Gasteiger partial charge in [-0.3, -0.25) is 4.79 Å². The lowest BCUT2D eigenvalue weighted by atomic mass is 9.54. The summed E-state index contributed by atoms with van der Waals surface area (Å²) >= 11 is 0. The number of halogens is 3. The van der Waals surface area contributed by atoms with Crippen molar-refractivity contribution in [1.82, 2.24) is 0 Å². The lowest BCUT2D eigenvalue weighted by molar-refractivity contribution is -0.154. The Hall–Kier alpha value is -2.37. The Morgan fingerprint density at radius 1 is 1.21 bits per heavy atom. The van der Waals surface area contributed by atoms with Crippen LogP contribution in [0.25, 0.3) is 0 Å². The molecule has 5 rings (SSSR count). The van der Waals surface area contributed by atoms with Crippen molar-refractivity contribution in [3.8, 4) is 6.07 Å². The highest BCUT2D eigenvalue weighted by molar-refractivity contribution is 6.00. The maximum Gasteiger partial charge on any atom is 0.454 e. The molecule has 0 bridgehead atoms. The van der Waals surface area contributed by atoms with E-state index < -0.39 is 34.8 Å². The molecule has 8 heteroatoms. The average Bonchev–Trinajstić information content (AvgIpc) is 3.31. The first kappa shape index (κ1) is 17.7. The molecule has 0 amide bonds. The minimum atomic E-state index is -4.94. The van der Waals surface area contributed by atoms with Gasteiger partial charge in [0.05, 0.1) is 31.0 Å². The summed E-state index contributed by atoms with van der Waals surface area (Å²) in [7, 11) is 0. The lowest BCUT2D eigenvalue weighted by Crippen LogP contribution is -2.54. The molecule has 146 valence electrons. The first-order valence-electron chi connectivity index (χ1n) is 9.11. The molecular weight excluding hydrogens is 375 g/mol. The molecule has 4 aliphatic rings. The molecule has 1 aromatic carbocycles. The second-order valence-corrected chi connectivity index (χ2v) is 7.66. The number of nitrogens with zero attached hydrogens (tertiary/aromatic N) is 1. The Morgan fingerprint density at radius 3 is 2.64 bits per heavy atom. The van der Waals surface area contributed by atoms with Crippen molar-refractivity contribution >= 4 is 5.78 Å². The second-order valence-electron chi connectivity index (χ2n) is 7.66. The summed E-state index contributed by atoms with van der Waals surface area (Å²) in [5.41, 5.74) is 0.652. The number of hydrogen-bond donors (Lipinski definition) is 0. The minimum Gasteiger partial charge on any atom is -0.497 e. The molecule has 0 radical (unpaired) electrons. The van der Waals surface area contributed by atoms with Gasteiger partial charge in [-0.1, -0.05) is 12.1 Å². The fourth-order valence-electron chi connectivity index (χ4n) is 5.22. The molecule has 3 atom stereocenters. The van der Waals surface area contributed by atoms with Gasteiger partial charge in [-0.15, -0.1) is 0 Å². The molecule has 2 aliphatic heterocycles. The molecule has 0 N–H and O–H groups in total. The monoisotopic (exact) mass is 391 g/mol. The predicted octanol–water partition coefficient (Wildman–Crippen LogP) is 3.18. The molecule has 5 nitrogen and oxygen atoms in total. The van der Waals surface area contributed by atoms with Crippen molar-refractivity contribution in [2.24, 2.45) is 5.92 Å². The molecule has 1 aromatic rings. The van der Waals surface area contributed by atoms with Crippen LogP contribution in [0.3, 0.4) is 0 Å². The fourth-order valence-corrected chi connectivity index (χ4v) is 5.22. The molecule has 2 fully saturated rings. The highest BCUT2D eigenvalue weighted by Crippen LogP contribution is 2.59. The molecule has 1 spiro atoms. The third kappa shape index (κ3) is 2.17. The molecule has 1 saturated carbocycles. The largest absolute Gasteiger partial charge is 0.497 e. The van der Waals surface area contributed by atoms with E-state index in [1.807, 2.05) is 0 Å². The van der Waals surface area contributed by atoms with Crippen molar-refractivity contribution in [1.29, 1.82) is 5.26 Å². The Morgan fingerprint density at radius 2 is 1.96 bits per heavy atom. The molecule has 1 saturated heterocycles. The number of carbonyl (C=O) groups is 1. The number of ether oxygens (including phenoxy) is 3. The third-order valence-electron chi connectivity index (χ3n) is 6.38. The first-order chi connectivity index (χ1) is 13.3. The molecule has 0 unspecified atom stereocenters. The highest BCUT2D eigenvalue weighted by Gasteiger charge is 2.63. The number of Topliss-reactive ketones (excluding diaryl/α,β-unsaturated/α-hetero) is 1.